The summed E-state index contributed by atoms with van der Waals surface area (Å²) in [4.78, 5) is 27.0. The zero-order chi connectivity index (χ0) is 30.9. The highest BCUT2D eigenvalue weighted by Gasteiger charge is 2.25. The highest BCUT2D eigenvalue weighted by molar-refractivity contribution is 5.76. The van der Waals surface area contributed by atoms with Crippen molar-refractivity contribution in [2.75, 3.05) is 25.0 Å². The Kier molecular flexibility index (Phi) is 7.59. The molecule has 2 aliphatic heterocycles. The van der Waals surface area contributed by atoms with E-state index in [9.17, 15) is 4.79 Å². The van der Waals surface area contributed by atoms with E-state index in [-0.39, 0.29) is 18.5 Å². The van der Waals surface area contributed by atoms with Crippen molar-refractivity contribution in [3.63, 3.8) is 0 Å². The van der Waals surface area contributed by atoms with E-state index in [1.54, 1.807) is 4.68 Å². The summed E-state index contributed by atoms with van der Waals surface area (Å²) in [5.74, 6) is 0.633. The molecular formula is C35H36N10O. The van der Waals surface area contributed by atoms with Gasteiger partial charge in [0, 0.05) is 68.4 Å². The molecule has 1 amide bonds. The Balaban J connectivity index is 1.00. The summed E-state index contributed by atoms with van der Waals surface area (Å²) in [6, 6.07) is 19.5. The second-order valence-corrected chi connectivity index (χ2v) is 12.4. The highest BCUT2D eigenvalue weighted by Crippen LogP contribution is 2.28. The summed E-state index contributed by atoms with van der Waals surface area (Å²) in [5.41, 5.74) is 10.0. The maximum absolute atomic E-state index is 13.4. The average Bonchev–Trinajstić information content (AvgIpc) is 3.84. The molecular weight excluding hydrogens is 576 g/mol. The molecule has 0 spiro atoms. The first-order valence-corrected chi connectivity index (χ1v) is 16.0. The smallest absolute Gasteiger partial charge is 0.244 e. The van der Waals surface area contributed by atoms with E-state index in [4.69, 9.17) is 15.1 Å². The third-order valence-corrected chi connectivity index (χ3v) is 9.32. The van der Waals surface area contributed by atoms with E-state index in [2.05, 4.69) is 86.3 Å². The van der Waals surface area contributed by atoms with E-state index < -0.39 is 0 Å². The fourth-order valence-corrected chi connectivity index (χ4v) is 6.82. The van der Waals surface area contributed by atoms with E-state index in [1.165, 1.54) is 22.3 Å². The molecule has 0 bridgehead atoms. The summed E-state index contributed by atoms with van der Waals surface area (Å²) >= 11 is 0. The van der Waals surface area contributed by atoms with Crippen molar-refractivity contribution in [1.29, 1.82) is 0 Å². The van der Waals surface area contributed by atoms with Gasteiger partial charge >= 0.3 is 0 Å². The Morgan fingerprint density at radius 1 is 0.935 bits per heavy atom. The number of aromatic nitrogens is 7. The number of nitrogens with zero attached hydrogens (tertiary/aromatic N) is 8. The quantitative estimate of drug-likeness (QED) is 0.271. The first-order chi connectivity index (χ1) is 22.6. The van der Waals surface area contributed by atoms with Gasteiger partial charge in [-0.15, -0.1) is 5.10 Å². The lowest BCUT2D eigenvalue weighted by Crippen LogP contribution is -2.38. The van der Waals surface area contributed by atoms with Crippen LogP contribution in [0.15, 0.2) is 79.3 Å². The number of H-pyrrole nitrogens is 1. The van der Waals surface area contributed by atoms with Crippen LogP contribution in [0.4, 0.5) is 5.95 Å². The Morgan fingerprint density at radius 3 is 2.48 bits per heavy atom. The molecule has 46 heavy (non-hydrogen) atoms. The zero-order valence-corrected chi connectivity index (χ0v) is 25.6. The minimum Gasteiger partial charge on any atom is -0.351 e. The highest BCUT2D eigenvalue weighted by atomic mass is 16.2. The summed E-state index contributed by atoms with van der Waals surface area (Å²) < 4.78 is 1.77. The Bertz CT molecular complexity index is 1850. The predicted molar refractivity (Wildman–Crippen MR) is 174 cm³/mol. The number of fused-ring (bicyclic) bond motifs is 2. The molecule has 0 radical (unpaired) electrons. The van der Waals surface area contributed by atoms with Crippen molar-refractivity contribution < 1.29 is 4.79 Å². The molecule has 232 valence electrons. The number of rotatable bonds is 8. The van der Waals surface area contributed by atoms with Gasteiger partial charge in [0.1, 0.15) is 12.2 Å². The van der Waals surface area contributed by atoms with Gasteiger partial charge in [-0.25, -0.2) is 9.97 Å². The van der Waals surface area contributed by atoms with E-state index in [0.717, 1.165) is 67.0 Å². The SMILES string of the molecule is O=C(Cn1cc(-c2cnc(NC3Cc4ccccc4C3)nc2)c(CN2CC=C(c3ccccc3)CC2)n1)N1CCc2[nH]nnc2C1. The number of amides is 1. The monoisotopic (exact) mass is 612 g/mol. The molecule has 0 atom stereocenters. The van der Waals surface area contributed by atoms with Gasteiger partial charge in [0.2, 0.25) is 11.9 Å². The zero-order valence-electron chi connectivity index (χ0n) is 25.6. The van der Waals surface area contributed by atoms with Gasteiger partial charge < -0.3 is 10.2 Å². The number of carbonyl (C=O) groups is 1. The van der Waals surface area contributed by atoms with E-state index in [0.29, 0.717) is 25.6 Å². The molecule has 5 aromatic rings. The standard InChI is InChI=1S/C35H36N10O/c46-34(44-15-12-31-33(22-44)40-42-39-31)23-45-20-30(32(41-45)21-43-13-10-25(11-14-43)24-6-2-1-3-7-24)28-18-36-35(37-19-28)38-29-16-26-8-4-5-9-27(26)17-29/h1-10,18-20,29H,11-17,21-23H2,(H,36,37,38)(H,39,40,42). The Morgan fingerprint density at radius 2 is 1.72 bits per heavy atom. The van der Waals surface area contributed by atoms with Gasteiger partial charge in [0.25, 0.3) is 0 Å². The maximum Gasteiger partial charge on any atom is 0.244 e. The van der Waals surface area contributed by atoms with E-state index >= 15 is 0 Å². The second-order valence-electron chi connectivity index (χ2n) is 12.4. The third kappa shape index (κ3) is 5.93. The largest absolute Gasteiger partial charge is 0.351 e. The molecule has 8 rings (SSSR count). The van der Waals surface area contributed by atoms with Crippen LogP contribution in [0.3, 0.4) is 0 Å². The van der Waals surface area contributed by atoms with Crippen LogP contribution < -0.4 is 5.32 Å². The van der Waals surface area contributed by atoms with Gasteiger partial charge in [-0.1, -0.05) is 65.9 Å². The van der Waals surface area contributed by atoms with Crippen LogP contribution in [0, 0.1) is 0 Å². The predicted octanol–water partition coefficient (Wildman–Crippen LogP) is 3.91. The molecule has 5 heterocycles. The summed E-state index contributed by atoms with van der Waals surface area (Å²) in [6.07, 6.45) is 11.7. The van der Waals surface area contributed by atoms with Crippen LogP contribution in [-0.2, 0) is 43.7 Å². The van der Waals surface area contributed by atoms with Crippen LogP contribution in [0.5, 0.6) is 0 Å². The molecule has 0 fully saturated rings. The number of hydrogen-bond acceptors (Lipinski definition) is 8. The van der Waals surface area contributed by atoms with Crippen LogP contribution in [0.2, 0.25) is 0 Å². The lowest BCUT2D eigenvalue weighted by Gasteiger charge is -2.26. The van der Waals surface area contributed by atoms with Gasteiger partial charge in [-0.05, 0) is 41.5 Å². The summed E-state index contributed by atoms with van der Waals surface area (Å²) in [6.45, 7) is 3.69. The molecule has 0 saturated carbocycles. The number of nitrogens with one attached hydrogen (secondary N) is 2. The first-order valence-electron chi connectivity index (χ1n) is 16.0. The number of anilines is 1. The minimum atomic E-state index is 0.0102. The lowest BCUT2D eigenvalue weighted by molar-refractivity contribution is -0.133. The molecule has 11 nitrogen and oxygen atoms in total. The Hall–Kier alpha value is -5.16. The molecule has 2 aromatic carbocycles. The number of aromatic amines is 1. The van der Waals surface area contributed by atoms with Crippen molar-refractivity contribution >= 4 is 17.4 Å². The molecule has 2 N–H and O–H groups in total. The molecule has 3 aliphatic rings. The normalized spacial score (nSPS) is 16.6. The van der Waals surface area contributed by atoms with Crippen molar-refractivity contribution in [3.05, 3.63) is 113 Å². The van der Waals surface area contributed by atoms with Gasteiger partial charge in [0.15, 0.2) is 0 Å². The van der Waals surface area contributed by atoms with Crippen LogP contribution in [0.1, 0.15) is 40.2 Å². The first kappa shape index (κ1) is 28.3. The van der Waals surface area contributed by atoms with Gasteiger partial charge in [-0.3, -0.25) is 19.5 Å². The summed E-state index contributed by atoms with van der Waals surface area (Å²) in [5, 5.41) is 19.4. The van der Waals surface area contributed by atoms with Crippen molar-refractivity contribution in [1.82, 2.24) is 45.0 Å². The molecule has 3 aromatic heterocycles. The summed E-state index contributed by atoms with van der Waals surface area (Å²) in [7, 11) is 0. The maximum atomic E-state index is 13.4. The molecule has 0 saturated heterocycles. The average molecular weight is 613 g/mol. The molecule has 11 heteroatoms. The minimum absolute atomic E-state index is 0.0102. The van der Waals surface area contributed by atoms with Crippen LogP contribution in [-0.4, -0.2) is 76.5 Å². The topological polar surface area (TPSA) is 121 Å². The molecule has 1 aliphatic carbocycles. The van der Waals surface area contributed by atoms with Crippen LogP contribution >= 0.6 is 0 Å². The number of benzene rings is 2. The second kappa shape index (κ2) is 12.3. The lowest BCUT2D eigenvalue weighted by atomic mass is 9.99. The fourth-order valence-electron chi connectivity index (χ4n) is 6.82. The van der Waals surface area contributed by atoms with Gasteiger partial charge in [-0.2, -0.15) is 5.10 Å². The van der Waals surface area contributed by atoms with Crippen molar-refractivity contribution in [3.8, 4) is 11.1 Å². The van der Waals surface area contributed by atoms with E-state index in [1.807, 2.05) is 23.5 Å². The van der Waals surface area contributed by atoms with Gasteiger partial charge in [0.05, 0.1) is 17.9 Å². The number of carbonyl (C=O) groups excluding carboxylic acids is 1. The van der Waals surface area contributed by atoms with Crippen molar-refractivity contribution in [2.45, 2.75) is 51.4 Å². The fraction of sp³-hybridized carbons (Fsp3) is 0.314. The van der Waals surface area contributed by atoms with Crippen molar-refractivity contribution in [2.24, 2.45) is 0 Å². The number of hydrogen-bond donors (Lipinski definition) is 2. The van der Waals surface area contributed by atoms with Crippen LogP contribution in [0.25, 0.3) is 16.7 Å². The molecule has 0 unspecified atom stereocenters. The Labute approximate surface area is 267 Å². The third-order valence-electron chi connectivity index (χ3n) is 9.32.